The van der Waals surface area contributed by atoms with Gasteiger partial charge in [-0.2, -0.15) is 0 Å². The van der Waals surface area contributed by atoms with Gasteiger partial charge in [0.15, 0.2) is 12.1 Å². The van der Waals surface area contributed by atoms with Crippen molar-refractivity contribution in [2.24, 2.45) is 5.73 Å². The molecule has 1 heterocycles. The van der Waals surface area contributed by atoms with Gasteiger partial charge in [-0.25, -0.2) is 0 Å². The van der Waals surface area contributed by atoms with Gasteiger partial charge >= 0.3 is 0 Å². The lowest BCUT2D eigenvalue weighted by Crippen LogP contribution is -2.52. The first kappa shape index (κ1) is 21.8. The molecule has 1 aliphatic rings. The van der Waals surface area contributed by atoms with Crippen LogP contribution in [0.25, 0.3) is 0 Å². The predicted octanol–water partition coefficient (Wildman–Crippen LogP) is 1.33. The lowest BCUT2D eigenvalue weighted by molar-refractivity contribution is -0.235. The Morgan fingerprint density at radius 3 is 2.52 bits per heavy atom. The highest BCUT2D eigenvalue weighted by atomic mass is 16.7. The van der Waals surface area contributed by atoms with Gasteiger partial charge in [0.25, 0.3) is 0 Å². The molecular weight excluding hydrogens is 326 g/mol. The second-order valence-corrected chi connectivity index (χ2v) is 6.28. The van der Waals surface area contributed by atoms with Crippen LogP contribution >= 0.6 is 0 Å². The van der Waals surface area contributed by atoms with Crippen molar-refractivity contribution in [3.05, 3.63) is 23.5 Å². The number of aliphatic hydroxyl groups is 3. The van der Waals surface area contributed by atoms with Gasteiger partial charge in [-0.05, 0) is 13.3 Å². The molecule has 1 aliphatic heterocycles. The van der Waals surface area contributed by atoms with E-state index in [-0.39, 0.29) is 36.6 Å². The number of rotatable bonds is 9. The molecule has 7 nitrogen and oxygen atoms in total. The summed E-state index contributed by atoms with van der Waals surface area (Å²) in [5.41, 5.74) is 6.42. The minimum Gasteiger partial charge on any atom is -0.507 e. The molecule has 25 heavy (non-hydrogen) atoms. The maximum absolute atomic E-state index is 11.8. The molecule has 144 valence electrons. The number of carbonyl (C=O) groups excluding carboxylic acids is 1. The average Bonchev–Trinajstić information content (AvgIpc) is 2.58. The van der Waals surface area contributed by atoms with Crippen LogP contribution in [-0.4, -0.2) is 58.4 Å². The molecule has 0 aromatic carbocycles. The first-order chi connectivity index (χ1) is 11.8. The SMILES string of the molecule is C=C(C(=O)CC)/C(O)=C(\CC)[C@H](CCO)OC1CC(N)C(O)C(C)O1. The Morgan fingerprint density at radius 1 is 1.40 bits per heavy atom. The number of ketones is 1. The Balaban J connectivity index is 3.00. The Labute approximate surface area is 149 Å². The van der Waals surface area contributed by atoms with E-state index in [0.717, 1.165) is 0 Å². The second kappa shape index (κ2) is 10.0. The van der Waals surface area contributed by atoms with E-state index in [1.807, 2.05) is 6.92 Å². The highest BCUT2D eigenvalue weighted by molar-refractivity contribution is 5.98. The molecule has 5 atom stereocenters. The molecule has 0 aliphatic carbocycles. The van der Waals surface area contributed by atoms with E-state index in [2.05, 4.69) is 6.58 Å². The second-order valence-electron chi connectivity index (χ2n) is 6.28. The normalized spacial score (nSPS) is 29.0. The molecule has 5 N–H and O–H groups in total. The number of Topliss-reactive ketones (excluding diaryl/α,β-unsaturated/α-hetero) is 1. The van der Waals surface area contributed by atoms with Crippen LogP contribution in [0.5, 0.6) is 0 Å². The van der Waals surface area contributed by atoms with Crippen molar-refractivity contribution in [2.75, 3.05) is 6.61 Å². The number of hydrogen-bond acceptors (Lipinski definition) is 7. The molecule has 7 heteroatoms. The summed E-state index contributed by atoms with van der Waals surface area (Å²) >= 11 is 0. The first-order valence-corrected chi connectivity index (χ1v) is 8.76. The number of aliphatic hydroxyl groups excluding tert-OH is 3. The molecule has 0 spiro atoms. The van der Waals surface area contributed by atoms with Gasteiger partial charge in [-0.15, -0.1) is 0 Å². The van der Waals surface area contributed by atoms with Crippen LogP contribution in [0.4, 0.5) is 0 Å². The van der Waals surface area contributed by atoms with Crippen molar-refractivity contribution in [1.29, 1.82) is 0 Å². The third-order valence-corrected chi connectivity index (χ3v) is 4.48. The van der Waals surface area contributed by atoms with Gasteiger partial charge in [0.2, 0.25) is 0 Å². The van der Waals surface area contributed by atoms with Gasteiger partial charge in [0, 0.05) is 37.5 Å². The zero-order valence-corrected chi connectivity index (χ0v) is 15.3. The van der Waals surface area contributed by atoms with Crippen molar-refractivity contribution in [2.45, 2.75) is 77.1 Å². The van der Waals surface area contributed by atoms with Crippen LogP contribution in [0.15, 0.2) is 23.5 Å². The molecular formula is C18H31NO6. The Bertz CT molecular complexity index is 492. The Morgan fingerprint density at radius 2 is 2.04 bits per heavy atom. The van der Waals surface area contributed by atoms with Gasteiger partial charge in [-0.1, -0.05) is 20.4 Å². The number of nitrogens with two attached hydrogens (primary N) is 1. The standard InChI is InChI=1S/C18H31NO6/c1-5-12(17(22)10(3)14(21)6-2)15(7-8-20)25-16-9-13(19)18(23)11(4)24-16/h11,13,15-16,18,20,22-23H,3,5-9,19H2,1-2,4H3/b17-12-/t11?,13?,15-,16?,18?/m0/s1. The van der Waals surface area contributed by atoms with E-state index in [1.165, 1.54) is 0 Å². The predicted molar refractivity (Wildman–Crippen MR) is 93.9 cm³/mol. The first-order valence-electron chi connectivity index (χ1n) is 8.76. The Kier molecular flexibility index (Phi) is 8.75. The van der Waals surface area contributed by atoms with Crippen LogP contribution < -0.4 is 5.73 Å². The quantitative estimate of drug-likeness (QED) is 0.279. The summed E-state index contributed by atoms with van der Waals surface area (Å²) in [6.07, 6.45) is -1.39. The summed E-state index contributed by atoms with van der Waals surface area (Å²) in [7, 11) is 0. The van der Waals surface area contributed by atoms with Crippen molar-refractivity contribution in [3.63, 3.8) is 0 Å². The third-order valence-electron chi connectivity index (χ3n) is 4.48. The van der Waals surface area contributed by atoms with Crippen LogP contribution in [0.2, 0.25) is 0 Å². The maximum Gasteiger partial charge on any atom is 0.165 e. The molecule has 1 fully saturated rings. The number of carbonyl (C=O) groups is 1. The summed E-state index contributed by atoms with van der Waals surface area (Å²) in [4.78, 5) is 11.8. The van der Waals surface area contributed by atoms with Gasteiger partial charge in [0.05, 0.1) is 23.9 Å². The van der Waals surface area contributed by atoms with Crippen molar-refractivity contribution in [3.8, 4) is 0 Å². The van der Waals surface area contributed by atoms with Gasteiger partial charge in [-0.3, -0.25) is 4.79 Å². The van der Waals surface area contributed by atoms with Crippen LogP contribution in [0, 0.1) is 0 Å². The monoisotopic (exact) mass is 357 g/mol. The number of ether oxygens (including phenoxy) is 2. The van der Waals surface area contributed by atoms with Crippen LogP contribution in [-0.2, 0) is 14.3 Å². The lowest BCUT2D eigenvalue weighted by atomic mass is 9.97. The zero-order chi connectivity index (χ0) is 19.1. The molecule has 1 rings (SSSR count). The van der Waals surface area contributed by atoms with E-state index in [9.17, 15) is 20.1 Å². The summed E-state index contributed by atoms with van der Waals surface area (Å²) < 4.78 is 11.5. The molecule has 0 aromatic rings. The molecule has 0 aromatic heterocycles. The Hall–Kier alpha value is -1.25. The minimum absolute atomic E-state index is 0.0379. The minimum atomic E-state index is -0.771. The third kappa shape index (κ3) is 5.62. The lowest BCUT2D eigenvalue weighted by Gasteiger charge is -2.37. The zero-order valence-electron chi connectivity index (χ0n) is 15.3. The molecule has 1 saturated heterocycles. The van der Waals surface area contributed by atoms with Crippen LogP contribution in [0.3, 0.4) is 0 Å². The summed E-state index contributed by atoms with van der Waals surface area (Å²) in [5.74, 6) is -0.445. The van der Waals surface area contributed by atoms with E-state index >= 15 is 0 Å². The fraction of sp³-hybridized carbons (Fsp3) is 0.722. The van der Waals surface area contributed by atoms with E-state index in [4.69, 9.17) is 15.2 Å². The summed E-state index contributed by atoms with van der Waals surface area (Å²) in [6, 6.07) is -0.484. The maximum atomic E-state index is 11.8. The molecule has 0 amide bonds. The van der Waals surface area contributed by atoms with Crippen molar-refractivity contribution < 1.29 is 29.6 Å². The molecule has 4 unspecified atom stereocenters. The fourth-order valence-electron chi connectivity index (χ4n) is 2.88. The molecule has 0 bridgehead atoms. The highest BCUT2D eigenvalue weighted by Gasteiger charge is 2.35. The van der Waals surface area contributed by atoms with E-state index in [0.29, 0.717) is 18.4 Å². The van der Waals surface area contributed by atoms with E-state index < -0.39 is 30.6 Å². The number of hydrogen-bond donors (Lipinski definition) is 4. The topological polar surface area (TPSA) is 122 Å². The van der Waals surface area contributed by atoms with E-state index in [1.54, 1.807) is 13.8 Å². The van der Waals surface area contributed by atoms with Gasteiger partial charge in [0.1, 0.15) is 5.76 Å². The number of allylic oxidation sites excluding steroid dienone is 1. The summed E-state index contributed by atoms with van der Waals surface area (Å²) in [5, 5.41) is 29.7. The smallest absolute Gasteiger partial charge is 0.165 e. The average molecular weight is 357 g/mol. The fourth-order valence-corrected chi connectivity index (χ4v) is 2.88. The van der Waals surface area contributed by atoms with Gasteiger partial charge < -0.3 is 30.5 Å². The van der Waals surface area contributed by atoms with Crippen molar-refractivity contribution in [1.82, 2.24) is 0 Å². The molecule has 0 saturated carbocycles. The van der Waals surface area contributed by atoms with Crippen LogP contribution in [0.1, 0.15) is 46.5 Å². The largest absolute Gasteiger partial charge is 0.507 e. The summed E-state index contributed by atoms with van der Waals surface area (Å²) in [6.45, 7) is 8.72. The molecule has 0 radical (unpaired) electrons. The highest BCUT2D eigenvalue weighted by Crippen LogP contribution is 2.27. The van der Waals surface area contributed by atoms with Crippen molar-refractivity contribution >= 4 is 5.78 Å².